The number of pyridine rings is 2. The first kappa shape index (κ1) is 17.6. The van der Waals surface area contributed by atoms with E-state index in [4.69, 9.17) is 4.74 Å². The van der Waals surface area contributed by atoms with Crippen molar-refractivity contribution in [3.8, 4) is 11.8 Å². The molecule has 4 rings (SSSR count). The van der Waals surface area contributed by atoms with Gasteiger partial charge < -0.3 is 10.1 Å². The summed E-state index contributed by atoms with van der Waals surface area (Å²) in [4.78, 5) is 19.5. The smallest absolute Gasteiger partial charge is 0.408 e. The first-order valence-electron chi connectivity index (χ1n) is 8.40. The molecular weight excluding hydrogens is 364 g/mol. The summed E-state index contributed by atoms with van der Waals surface area (Å²) in [5.41, 5.74) is 1.68. The quantitative estimate of drug-likeness (QED) is 0.547. The number of halogens is 2. The van der Waals surface area contributed by atoms with Gasteiger partial charge in [-0.25, -0.2) is 14.2 Å². The van der Waals surface area contributed by atoms with Crippen LogP contribution in [0.15, 0.2) is 61.1 Å². The van der Waals surface area contributed by atoms with E-state index in [0.717, 1.165) is 0 Å². The van der Waals surface area contributed by atoms with Gasteiger partial charge in [-0.15, -0.1) is 0 Å². The summed E-state index contributed by atoms with van der Waals surface area (Å²) in [5.74, 6) is 4.57. The van der Waals surface area contributed by atoms with Crippen molar-refractivity contribution in [2.45, 2.75) is 12.1 Å². The van der Waals surface area contributed by atoms with Gasteiger partial charge in [-0.1, -0.05) is 24.0 Å². The molecule has 1 N–H and O–H groups in total. The molecule has 1 aliphatic heterocycles. The van der Waals surface area contributed by atoms with Crippen LogP contribution < -0.4 is 5.32 Å². The zero-order valence-electron chi connectivity index (χ0n) is 14.4. The van der Waals surface area contributed by atoms with Crippen LogP contribution in [0.2, 0.25) is 0 Å². The maximum absolute atomic E-state index is 14.4. The van der Waals surface area contributed by atoms with Crippen LogP contribution in [0.5, 0.6) is 0 Å². The SMILES string of the molecule is O=C1N[C@H](c2cc(C#Cc3cccnc3)cnc2F)[C@@H](c2cccc(F)c2)O1. The topological polar surface area (TPSA) is 64.1 Å². The molecule has 0 unspecified atom stereocenters. The van der Waals surface area contributed by atoms with Crippen LogP contribution in [0.1, 0.15) is 34.4 Å². The van der Waals surface area contributed by atoms with E-state index in [1.807, 2.05) is 0 Å². The Kier molecular flexibility index (Phi) is 4.68. The highest BCUT2D eigenvalue weighted by atomic mass is 19.1. The van der Waals surface area contributed by atoms with Crippen molar-refractivity contribution >= 4 is 6.09 Å². The van der Waals surface area contributed by atoms with E-state index in [0.29, 0.717) is 16.7 Å². The molecule has 1 aromatic carbocycles. The highest BCUT2D eigenvalue weighted by Crippen LogP contribution is 2.37. The number of carbonyl (C=O) groups excluding carboxylic acids is 1. The van der Waals surface area contributed by atoms with E-state index in [-0.39, 0.29) is 5.56 Å². The van der Waals surface area contributed by atoms with Crippen molar-refractivity contribution in [3.63, 3.8) is 0 Å². The number of ether oxygens (including phenoxy) is 1. The van der Waals surface area contributed by atoms with Crippen molar-refractivity contribution in [3.05, 3.63) is 95.1 Å². The van der Waals surface area contributed by atoms with E-state index in [1.165, 1.54) is 30.5 Å². The zero-order valence-corrected chi connectivity index (χ0v) is 14.4. The first-order valence-corrected chi connectivity index (χ1v) is 8.40. The van der Waals surface area contributed by atoms with Crippen LogP contribution in [-0.4, -0.2) is 16.1 Å². The molecule has 3 aromatic rings. The predicted octanol–water partition coefficient (Wildman–Crippen LogP) is 3.68. The summed E-state index contributed by atoms with van der Waals surface area (Å²) in [6.45, 7) is 0. The van der Waals surface area contributed by atoms with Crippen LogP contribution in [0.3, 0.4) is 0 Å². The molecule has 0 bridgehead atoms. The number of alkyl carbamates (subject to hydrolysis) is 1. The van der Waals surface area contributed by atoms with Crippen molar-refractivity contribution in [1.29, 1.82) is 0 Å². The number of hydrogen-bond acceptors (Lipinski definition) is 4. The fourth-order valence-corrected chi connectivity index (χ4v) is 2.94. The molecule has 1 amide bonds. The Hall–Kier alpha value is -3.79. The predicted molar refractivity (Wildman–Crippen MR) is 95.9 cm³/mol. The number of benzene rings is 1. The Labute approximate surface area is 159 Å². The molecule has 138 valence electrons. The fraction of sp³-hybridized carbons (Fsp3) is 0.0952. The standard InChI is InChI=1S/C21H13F2N3O2/c22-16-5-1-4-15(10-16)19-18(26-21(27)28-19)17-9-14(12-25-20(17)23)7-6-13-3-2-8-24-11-13/h1-5,8-12,18-19H,(H,26,27)/t18-,19-/m1/s1. The summed E-state index contributed by atoms with van der Waals surface area (Å²) in [7, 11) is 0. The molecule has 2 aromatic heterocycles. The molecule has 3 heterocycles. The maximum atomic E-state index is 14.4. The van der Waals surface area contributed by atoms with E-state index < -0.39 is 30.0 Å². The lowest BCUT2D eigenvalue weighted by Crippen LogP contribution is -2.21. The van der Waals surface area contributed by atoms with Gasteiger partial charge in [-0.3, -0.25) is 4.98 Å². The molecule has 2 atom stereocenters. The molecule has 1 fully saturated rings. The molecule has 0 radical (unpaired) electrons. The molecule has 7 heteroatoms. The lowest BCUT2D eigenvalue weighted by molar-refractivity contribution is 0.131. The fourth-order valence-electron chi connectivity index (χ4n) is 2.94. The van der Waals surface area contributed by atoms with Crippen molar-refractivity contribution in [1.82, 2.24) is 15.3 Å². The number of nitrogens with one attached hydrogen (secondary N) is 1. The largest absolute Gasteiger partial charge is 0.439 e. The lowest BCUT2D eigenvalue weighted by atomic mass is 9.96. The number of rotatable bonds is 2. The van der Waals surface area contributed by atoms with Crippen LogP contribution in [0.25, 0.3) is 0 Å². The van der Waals surface area contributed by atoms with Crippen LogP contribution in [0.4, 0.5) is 13.6 Å². The minimum absolute atomic E-state index is 0.109. The van der Waals surface area contributed by atoms with Gasteiger partial charge in [-0.05, 0) is 35.9 Å². The molecule has 5 nitrogen and oxygen atoms in total. The second kappa shape index (κ2) is 7.45. The van der Waals surface area contributed by atoms with Crippen molar-refractivity contribution in [2.75, 3.05) is 0 Å². The number of nitrogens with zero attached hydrogens (tertiary/aromatic N) is 2. The van der Waals surface area contributed by atoms with Crippen LogP contribution >= 0.6 is 0 Å². The third-order valence-electron chi connectivity index (χ3n) is 4.20. The Morgan fingerprint density at radius 2 is 1.89 bits per heavy atom. The van der Waals surface area contributed by atoms with Gasteiger partial charge in [0.25, 0.3) is 0 Å². The monoisotopic (exact) mass is 377 g/mol. The first-order chi connectivity index (χ1) is 13.6. The highest BCUT2D eigenvalue weighted by Gasteiger charge is 2.38. The Bertz CT molecular complexity index is 1090. The lowest BCUT2D eigenvalue weighted by Gasteiger charge is -2.18. The third-order valence-corrected chi connectivity index (χ3v) is 4.20. The molecule has 1 saturated heterocycles. The van der Waals surface area contributed by atoms with Gasteiger partial charge in [0, 0.05) is 35.3 Å². The molecule has 1 aliphatic rings. The average molecular weight is 377 g/mol. The minimum Gasteiger partial charge on any atom is -0.439 e. The molecular formula is C21H13F2N3O2. The van der Waals surface area contributed by atoms with Gasteiger partial charge in [0.1, 0.15) is 11.9 Å². The van der Waals surface area contributed by atoms with Crippen LogP contribution in [-0.2, 0) is 4.74 Å². The number of cyclic esters (lactones) is 1. The summed E-state index contributed by atoms with van der Waals surface area (Å²) >= 11 is 0. The number of amides is 1. The van der Waals surface area contributed by atoms with Crippen LogP contribution in [0, 0.1) is 23.6 Å². The summed E-state index contributed by atoms with van der Waals surface area (Å²) < 4.78 is 33.2. The van der Waals surface area contributed by atoms with Gasteiger partial charge in [0.2, 0.25) is 5.95 Å². The normalized spacial score (nSPS) is 18.0. The van der Waals surface area contributed by atoms with E-state index in [1.54, 1.807) is 30.6 Å². The molecule has 28 heavy (non-hydrogen) atoms. The van der Waals surface area contributed by atoms with Gasteiger partial charge >= 0.3 is 6.09 Å². The number of aromatic nitrogens is 2. The minimum atomic E-state index is -0.888. The van der Waals surface area contributed by atoms with E-state index >= 15 is 0 Å². The van der Waals surface area contributed by atoms with E-state index in [9.17, 15) is 13.6 Å². The van der Waals surface area contributed by atoms with Gasteiger partial charge in [0.05, 0.1) is 0 Å². The zero-order chi connectivity index (χ0) is 19.5. The highest BCUT2D eigenvalue weighted by molar-refractivity contribution is 5.71. The average Bonchev–Trinajstić information content (AvgIpc) is 3.10. The Morgan fingerprint density at radius 1 is 1.04 bits per heavy atom. The molecule has 0 saturated carbocycles. The molecule has 0 spiro atoms. The van der Waals surface area contributed by atoms with Crippen molar-refractivity contribution in [2.24, 2.45) is 0 Å². The van der Waals surface area contributed by atoms with Gasteiger partial charge in [0.15, 0.2) is 6.10 Å². The second-order valence-electron chi connectivity index (χ2n) is 6.10. The Morgan fingerprint density at radius 3 is 2.68 bits per heavy atom. The molecule has 0 aliphatic carbocycles. The second-order valence-corrected chi connectivity index (χ2v) is 6.10. The third kappa shape index (κ3) is 3.67. The summed E-state index contributed by atoms with van der Waals surface area (Å²) in [5, 5.41) is 2.56. The number of carbonyl (C=O) groups is 1. The summed E-state index contributed by atoms with van der Waals surface area (Å²) in [6.07, 6.45) is 2.94. The van der Waals surface area contributed by atoms with Gasteiger partial charge in [-0.2, -0.15) is 4.39 Å². The number of hydrogen-bond donors (Lipinski definition) is 1. The Balaban J connectivity index is 1.69. The van der Waals surface area contributed by atoms with Crippen molar-refractivity contribution < 1.29 is 18.3 Å². The van der Waals surface area contributed by atoms with E-state index in [2.05, 4.69) is 27.1 Å². The summed E-state index contributed by atoms with van der Waals surface area (Å²) in [6, 6.07) is 9.82. The maximum Gasteiger partial charge on any atom is 0.408 e.